The van der Waals surface area contributed by atoms with E-state index in [1.807, 2.05) is 4.90 Å². The zero-order valence-corrected chi connectivity index (χ0v) is 17.7. The summed E-state index contributed by atoms with van der Waals surface area (Å²) in [5.41, 5.74) is 3.78. The number of aromatic carboxylic acids is 1. The fraction of sp³-hybridized carbons (Fsp3) is 0.450. The number of hydrogen-bond donors (Lipinski definition) is 2. The number of carboxylic acids is 1. The number of aromatic nitrogens is 1. The summed E-state index contributed by atoms with van der Waals surface area (Å²) in [6.45, 7) is 5.65. The number of carbonyl (C=O) groups is 2. The van der Waals surface area contributed by atoms with Gasteiger partial charge in [0.15, 0.2) is 10.0 Å². The molecule has 0 radical (unpaired) electrons. The van der Waals surface area contributed by atoms with Crippen molar-refractivity contribution in [2.75, 3.05) is 24.2 Å². The number of carbonyl (C=O) groups excluding carboxylic acids is 1. The van der Waals surface area contributed by atoms with Crippen molar-refractivity contribution in [1.29, 1.82) is 0 Å². The van der Waals surface area contributed by atoms with Gasteiger partial charge in [-0.1, -0.05) is 36.9 Å². The molecule has 0 saturated carbocycles. The molecule has 28 heavy (non-hydrogen) atoms. The summed E-state index contributed by atoms with van der Waals surface area (Å²) in [7, 11) is 0. The van der Waals surface area contributed by atoms with E-state index in [0.717, 1.165) is 23.7 Å². The second kappa shape index (κ2) is 9.43. The van der Waals surface area contributed by atoms with Crippen LogP contribution >= 0.6 is 23.1 Å². The molecule has 1 fully saturated rings. The maximum absolute atomic E-state index is 12.3. The van der Waals surface area contributed by atoms with Crippen LogP contribution in [0.4, 0.5) is 5.69 Å². The van der Waals surface area contributed by atoms with Crippen LogP contribution in [-0.2, 0) is 11.2 Å². The Balaban J connectivity index is 1.55. The fourth-order valence-electron chi connectivity index (χ4n) is 3.46. The van der Waals surface area contributed by atoms with E-state index in [1.165, 1.54) is 39.9 Å². The zero-order valence-electron chi connectivity index (χ0n) is 16.1. The van der Waals surface area contributed by atoms with Crippen molar-refractivity contribution in [3.63, 3.8) is 0 Å². The smallest absolute Gasteiger partial charge is 0.355 e. The molecule has 0 bridgehead atoms. The second-order valence-corrected chi connectivity index (χ2v) is 8.98. The SMILES string of the molecule is CCc1cccc(C)c1NCC1CCC(=O)N1CCSc1nc(C(=O)O)cs1. The Morgan fingerprint density at radius 2 is 2.29 bits per heavy atom. The molecule has 2 N–H and O–H groups in total. The van der Waals surface area contributed by atoms with Crippen molar-refractivity contribution >= 4 is 40.7 Å². The minimum Gasteiger partial charge on any atom is -0.476 e. The highest BCUT2D eigenvalue weighted by atomic mass is 32.2. The second-order valence-electron chi connectivity index (χ2n) is 6.78. The lowest BCUT2D eigenvalue weighted by atomic mass is 10.1. The van der Waals surface area contributed by atoms with Gasteiger partial charge in [0.2, 0.25) is 5.91 Å². The van der Waals surface area contributed by atoms with Crippen molar-refractivity contribution in [1.82, 2.24) is 9.88 Å². The number of benzene rings is 1. The van der Waals surface area contributed by atoms with E-state index in [2.05, 4.69) is 42.3 Å². The highest BCUT2D eigenvalue weighted by Gasteiger charge is 2.30. The monoisotopic (exact) mass is 419 g/mol. The number of nitrogens with zero attached hydrogens (tertiary/aromatic N) is 2. The number of hydrogen-bond acceptors (Lipinski definition) is 6. The van der Waals surface area contributed by atoms with Gasteiger partial charge in [0.1, 0.15) is 0 Å². The molecular weight excluding hydrogens is 394 g/mol. The number of anilines is 1. The summed E-state index contributed by atoms with van der Waals surface area (Å²) < 4.78 is 0.728. The van der Waals surface area contributed by atoms with Crippen LogP contribution in [0.15, 0.2) is 27.9 Å². The Morgan fingerprint density at radius 3 is 3.00 bits per heavy atom. The highest BCUT2D eigenvalue weighted by Crippen LogP contribution is 2.26. The first-order valence-electron chi connectivity index (χ1n) is 9.43. The maximum atomic E-state index is 12.3. The van der Waals surface area contributed by atoms with E-state index in [1.54, 1.807) is 5.38 Å². The molecule has 150 valence electrons. The van der Waals surface area contributed by atoms with Gasteiger partial charge in [0.05, 0.1) is 0 Å². The number of thioether (sulfide) groups is 1. The lowest BCUT2D eigenvalue weighted by Gasteiger charge is -2.26. The van der Waals surface area contributed by atoms with Crippen molar-refractivity contribution in [3.05, 3.63) is 40.4 Å². The van der Waals surface area contributed by atoms with Crippen LogP contribution in [0.3, 0.4) is 0 Å². The van der Waals surface area contributed by atoms with Crippen molar-refractivity contribution in [2.24, 2.45) is 0 Å². The molecule has 2 aromatic rings. The molecule has 2 heterocycles. The molecule has 6 nitrogen and oxygen atoms in total. The van der Waals surface area contributed by atoms with Crippen LogP contribution in [0.5, 0.6) is 0 Å². The number of thiazole rings is 1. The minimum atomic E-state index is -1.01. The van der Waals surface area contributed by atoms with Gasteiger partial charge in [-0.05, 0) is 30.9 Å². The minimum absolute atomic E-state index is 0.0804. The van der Waals surface area contributed by atoms with Crippen LogP contribution in [-0.4, -0.2) is 51.8 Å². The quantitative estimate of drug-likeness (QED) is 0.600. The number of rotatable bonds is 9. The van der Waals surface area contributed by atoms with Gasteiger partial charge in [-0.3, -0.25) is 4.79 Å². The Morgan fingerprint density at radius 1 is 1.46 bits per heavy atom. The summed E-state index contributed by atoms with van der Waals surface area (Å²) in [4.78, 5) is 29.3. The van der Waals surface area contributed by atoms with Gasteiger partial charge in [0.25, 0.3) is 0 Å². The van der Waals surface area contributed by atoms with E-state index >= 15 is 0 Å². The number of likely N-dealkylation sites (tertiary alicyclic amines) is 1. The third-order valence-corrected chi connectivity index (χ3v) is 6.97. The molecule has 1 aromatic carbocycles. The standard InChI is InChI=1S/C20H25N3O3S2/c1-3-14-6-4-5-13(2)18(14)21-11-15-7-8-17(24)23(15)9-10-27-20-22-16(12-28-20)19(25)26/h4-6,12,15,21H,3,7-11H2,1-2H3,(H,25,26). The molecule has 0 spiro atoms. The third-order valence-electron chi connectivity index (χ3n) is 4.97. The van der Waals surface area contributed by atoms with Crippen LogP contribution in [0.2, 0.25) is 0 Å². The van der Waals surface area contributed by atoms with E-state index in [0.29, 0.717) is 18.7 Å². The van der Waals surface area contributed by atoms with Gasteiger partial charge in [-0.2, -0.15) is 0 Å². The van der Waals surface area contributed by atoms with Crippen molar-refractivity contribution in [2.45, 2.75) is 43.5 Å². The van der Waals surface area contributed by atoms with Crippen LogP contribution < -0.4 is 5.32 Å². The topological polar surface area (TPSA) is 82.5 Å². The summed E-state index contributed by atoms with van der Waals surface area (Å²) in [6.07, 6.45) is 2.43. The Bertz CT molecular complexity index is 853. The maximum Gasteiger partial charge on any atom is 0.355 e. The molecule has 0 aliphatic carbocycles. The average molecular weight is 420 g/mol. The number of aryl methyl sites for hydroxylation is 2. The first kappa shape index (κ1) is 20.7. The highest BCUT2D eigenvalue weighted by molar-refractivity contribution is 8.01. The van der Waals surface area contributed by atoms with Gasteiger partial charge in [0, 0.05) is 42.4 Å². The summed E-state index contributed by atoms with van der Waals surface area (Å²) >= 11 is 2.83. The molecule has 1 atom stereocenters. The van der Waals surface area contributed by atoms with E-state index in [4.69, 9.17) is 5.11 Å². The lowest BCUT2D eigenvalue weighted by molar-refractivity contribution is -0.128. The van der Waals surface area contributed by atoms with Gasteiger partial charge in [-0.25, -0.2) is 9.78 Å². The molecular formula is C20H25N3O3S2. The number of amides is 1. The molecule has 1 unspecified atom stereocenters. The molecule has 3 rings (SSSR count). The predicted octanol–water partition coefficient (Wildman–Crippen LogP) is 3.91. The fourth-order valence-corrected chi connectivity index (χ4v) is 5.27. The lowest BCUT2D eigenvalue weighted by Crippen LogP contribution is -2.39. The Kier molecular flexibility index (Phi) is 6.96. The largest absolute Gasteiger partial charge is 0.476 e. The number of nitrogens with one attached hydrogen (secondary N) is 1. The van der Waals surface area contributed by atoms with E-state index < -0.39 is 5.97 Å². The molecule has 1 aliphatic heterocycles. The third kappa shape index (κ3) is 4.86. The molecule has 1 amide bonds. The van der Waals surface area contributed by atoms with Crippen molar-refractivity contribution < 1.29 is 14.7 Å². The number of carboxylic acid groups (broad SMARTS) is 1. The first-order chi connectivity index (χ1) is 13.5. The first-order valence-corrected chi connectivity index (χ1v) is 11.3. The molecule has 1 aromatic heterocycles. The molecule has 1 aliphatic rings. The van der Waals surface area contributed by atoms with E-state index in [9.17, 15) is 9.59 Å². The molecule has 8 heteroatoms. The van der Waals surface area contributed by atoms with Crippen LogP contribution in [0.25, 0.3) is 0 Å². The van der Waals surface area contributed by atoms with Gasteiger partial charge in [-0.15, -0.1) is 11.3 Å². The Hall–Kier alpha value is -2.06. The van der Waals surface area contributed by atoms with Gasteiger partial charge >= 0.3 is 5.97 Å². The van der Waals surface area contributed by atoms with Gasteiger partial charge < -0.3 is 15.3 Å². The summed E-state index contributed by atoms with van der Waals surface area (Å²) in [5.74, 6) is -0.107. The Labute approximate surface area is 173 Å². The molecule has 1 saturated heterocycles. The summed E-state index contributed by atoms with van der Waals surface area (Å²) in [6, 6.07) is 6.51. The van der Waals surface area contributed by atoms with Crippen LogP contribution in [0.1, 0.15) is 41.4 Å². The normalized spacial score (nSPS) is 16.6. The van der Waals surface area contributed by atoms with E-state index in [-0.39, 0.29) is 17.6 Å². The predicted molar refractivity (Wildman–Crippen MR) is 114 cm³/mol. The zero-order chi connectivity index (χ0) is 20.1. The number of para-hydroxylation sites is 1. The van der Waals surface area contributed by atoms with Crippen molar-refractivity contribution in [3.8, 4) is 0 Å². The summed E-state index contributed by atoms with van der Waals surface area (Å²) in [5, 5.41) is 14.1. The van der Waals surface area contributed by atoms with Crippen LogP contribution in [0, 0.1) is 6.92 Å². The average Bonchev–Trinajstić information content (AvgIpc) is 3.28.